The average Bonchev–Trinajstić information content (AvgIpc) is 3.39. The van der Waals surface area contributed by atoms with E-state index in [2.05, 4.69) is 15.3 Å². The van der Waals surface area contributed by atoms with Crippen LogP contribution in [0.25, 0.3) is 11.5 Å². The summed E-state index contributed by atoms with van der Waals surface area (Å²) in [4.78, 5) is 10.8. The van der Waals surface area contributed by atoms with Gasteiger partial charge in [-0.25, -0.2) is 0 Å². The summed E-state index contributed by atoms with van der Waals surface area (Å²) in [6, 6.07) is 9.84. The predicted molar refractivity (Wildman–Crippen MR) is 103 cm³/mol. The zero-order chi connectivity index (χ0) is 19.6. The molecule has 0 saturated heterocycles. The molecule has 7 rings (SSSR count). The molecule has 0 spiro atoms. The van der Waals surface area contributed by atoms with Crippen molar-refractivity contribution in [2.45, 2.75) is 49.5 Å². The first-order valence-corrected chi connectivity index (χ1v) is 10.1. The van der Waals surface area contributed by atoms with Crippen molar-refractivity contribution in [1.82, 2.24) is 20.0 Å². The summed E-state index contributed by atoms with van der Waals surface area (Å²) in [6.45, 7) is 0. The summed E-state index contributed by atoms with van der Waals surface area (Å²) in [5, 5.41) is 24.4. The van der Waals surface area contributed by atoms with Crippen molar-refractivity contribution in [3.63, 3.8) is 0 Å². The molecular formula is C21H21N5O3. The van der Waals surface area contributed by atoms with E-state index >= 15 is 0 Å². The molecule has 29 heavy (non-hydrogen) atoms. The SMILES string of the molecule is O=[N+]([O-])c1cnn(C23CC4CC(CC(c5nnc(-c6ccccc6)o5)(C4)C2)C3)c1. The van der Waals surface area contributed by atoms with Crippen molar-refractivity contribution in [3.05, 3.63) is 58.7 Å². The normalized spacial score (nSPS) is 32.6. The highest BCUT2D eigenvalue weighted by molar-refractivity contribution is 5.52. The van der Waals surface area contributed by atoms with Crippen LogP contribution in [0, 0.1) is 22.0 Å². The van der Waals surface area contributed by atoms with E-state index in [0.717, 1.165) is 43.6 Å². The Labute approximate surface area is 167 Å². The summed E-state index contributed by atoms with van der Waals surface area (Å²) < 4.78 is 8.09. The lowest BCUT2D eigenvalue weighted by Gasteiger charge is -2.60. The van der Waals surface area contributed by atoms with Crippen LogP contribution in [0.1, 0.15) is 44.4 Å². The molecule has 2 heterocycles. The minimum absolute atomic E-state index is 0.0546. The van der Waals surface area contributed by atoms with Gasteiger partial charge in [0, 0.05) is 5.56 Å². The minimum atomic E-state index is -0.371. The first-order chi connectivity index (χ1) is 14.1. The zero-order valence-electron chi connectivity index (χ0n) is 15.9. The van der Waals surface area contributed by atoms with Crippen LogP contribution in [0.2, 0.25) is 0 Å². The summed E-state index contributed by atoms with van der Waals surface area (Å²) >= 11 is 0. The Morgan fingerprint density at radius 1 is 1.10 bits per heavy atom. The molecule has 0 N–H and O–H groups in total. The number of hydrogen-bond donors (Lipinski definition) is 0. The molecule has 1 aromatic carbocycles. The van der Waals surface area contributed by atoms with Gasteiger partial charge in [0.05, 0.1) is 15.9 Å². The maximum Gasteiger partial charge on any atom is 0.307 e. The molecule has 8 nitrogen and oxygen atoms in total. The number of aromatic nitrogens is 4. The van der Waals surface area contributed by atoms with Crippen LogP contribution in [0.15, 0.2) is 47.1 Å². The van der Waals surface area contributed by atoms with E-state index in [4.69, 9.17) is 4.42 Å². The quantitative estimate of drug-likeness (QED) is 0.490. The Kier molecular flexibility index (Phi) is 3.34. The monoisotopic (exact) mass is 391 g/mol. The van der Waals surface area contributed by atoms with Crippen LogP contribution in [-0.2, 0) is 11.0 Å². The average molecular weight is 391 g/mol. The maximum atomic E-state index is 11.2. The number of rotatable bonds is 4. The molecule has 2 unspecified atom stereocenters. The fourth-order valence-corrected chi connectivity index (χ4v) is 6.53. The molecule has 4 saturated carbocycles. The molecule has 4 aliphatic carbocycles. The van der Waals surface area contributed by atoms with E-state index < -0.39 is 0 Å². The Bertz CT molecular complexity index is 1070. The van der Waals surface area contributed by atoms with E-state index in [0.29, 0.717) is 17.7 Å². The van der Waals surface area contributed by atoms with Gasteiger partial charge in [-0.3, -0.25) is 14.8 Å². The van der Waals surface area contributed by atoms with Crippen LogP contribution in [-0.4, -0.2) is 24.9 Å². The fourth-order valence-electron chi connectivity index (χ4n) is 6.53. The molecule has 2 aromatic heterocycles. The molecule has 2 atom stereocenters. The fraction of sp³-hybridized carbons (Fsp3) is 0.476. The van der Waals surface area contributed by atoms with Gasteiger partial charge in [0.1, 0.15) is 12.4 Å². The third-order valence-corrected chi connectivity index (χ3v) is 7.20. The van der Waals surface area contributed by atoms with Gasteiger partial charge in [0.2, 0.25) is 11.8 Å². The third-order valence-electron chi connectivity index (χ3n) is 7.20. The summed E-state index contributed by atoms with van der Waals surface area (Å²) in [7, 11) is 0. The van der Waals surface area contributed by atoms with Gasteiger partial charge in [0.15, 0.2) is 0 Å². The number of benzene rings is 1. The number of nitrogens with zero attached hydrogens (tertiary/aromatic N) is 5. The van der Waals surface area contributed by atoms with Gasteiger partial charge in [0.25, 0.3) is 0 Å². The lowest BCUT2D eigenvalue weighted by molar-refractivity contribution is -0.385. The van der Waals surface area contributed by atoms with Crippen LogP contribution < -0.4 is 0 Å². The highest BCUT2D eigenvalue weighted by atomic mass is 16.6. The van der Waals surface area contributed by atoms with Gasteiger partial charge in [-0.05, 0) is 62.5 Å². The highest BCUT2D eigenvalue weighted by Gasteiger charge is 2.61. The molecule has 4 aliphatic rings. The molecule has 0 radical (unpaired) electrons. The van der Waals surface area contributed by atoms with Gasteiger partial charge >= 0.3 is 5.69 Å². The van der Waals surface area contributed by atoms with Gasteiger partial charge in [-0.15, -0.1) is 10.2 Å². The molecular weight excluding hydrogens is 370 g/mol. The maximum absolute atomic E-state index is 11.2. The second-order valence-electron chi connectivity index (χ2n) is 9.14. The van der Waals surface area contributed by atoms with Crippen LogP contribution in [0.3, 0.4) is 0 Å². The molecule has 8 heteroatoms. The van der Waals surface area contributed by atoms with Crippen molar-refractivity contribution in [3.8, 4) is 11.5 Å². The van der Waals surface area contributed by atoms with Crippen molar-refractivity contribution in [2.24, 2.45) is 11.8 Å². The Hall–Kier alpha value is -3.03. The second-order valence-corrected chi connectivity index (χ2v) is 9.14. The first kappa shape index (κ1) is 16.9. The third kappa shape index (κ3) is 2.47. The number of nitro groups is 1. The van der Waals surface area contributed by atoms with E-state index in [9.17, 15) is 10.1 Å². The smallest absolute Gasteiger partial charge is 0.307 e. The lowest BCUT2D eigenvalue weighted by Crippen LogP contribution is -2.58. The Balaban J connectivity index is 1.40. The second kappa shape index (κ2) is 5.75. The lowest BCUT2D eigenvalue weighted by atomic mass is 9.47. The van der Waals surface area contributed by atoms with E-state index in [1.807, 2.05) is 35.0 Å². The van der Waals surface area contributed by atoms with Gasteiger partial charge in [-0.2, -0.15) is 5.10 Å². The molecule has 148 valence electrons. The predicted octanol–water partition coefficient (Wildman–Crippen LogP) is 4.09. The summed E-state index contributed by atoms with van der Waals surface area (Å²) in [6.07, 6.45) is 9.16. The van der Waals surface area contributed by atoms with Crippen molar-refractivity contribution in [1.29, 1.82) is 0 Å². The van der Waals surface area contributed by atoms with E-state index in [1.165, 1.54) is 12.6 Å². The number of hydrogen-bond acceptors (Lipinski definition) is 6. The molecule has 0 amide bonds. The van der Waals surface area contributed by atoms with Crippen molar-refractivity contribution < 1.29 is 9.34 Å². The van der Waals surface area contributed by atoms with Crippen molar-refractivity contribution >= 4 is 5.69 Å². The molecule has 4 bridgehead atoms. The van der Waals surface area contributed by atoms with Crippen LogP contribution in [0.5, 0.6) is 0 Å². The van der Waals surface area contributed by atoms with Crippen molar-refractivity contribution in [2.75, 3.05) is 0 Å². The minimum Gasteiger partial charge on any atom is -0.420 e. The highest BCUT2D eigenvalue weighted by Crippen LogP contribution is 2.64. The van der Waals surface area contributed by atoms with Crippen LogP contribution >= 0.6 is 0 Å². The van der Waals surface area contributed by atoms with Gasteiger partial charge < -0.3 is 4.42 Å². The first-order valence-electron chi connectivity index (χ1n) is 10.1. The summed E-state index contributed by atoms with van der Waals surface area (Å²) in [5.41, 5.74) is 0.622. The Morgan fingerprint density at radius 3 is 2.55 bits per heavy atom. The van der Waals surface area contributed by atoms with E-state index in [-0.39, 0.29) is 21.6 Å². The molecule has 0 aliphatic heterocycles. The largest absolute Gasteiger partial charge is 0.420 e. The zero-order valence-corrected chi connectivity index (χ0v) is 15.9. The topological polar surface area (TPSA) is 99.9 Å². The Morgan fingerprint density at radius 2 is 1.86 bits per heavy atom. The summed E-state index contributed by atoms with van der Waals surface area (Å²) in [5.74, 6) is 2.40. The van der Waals surface area contributed by atoms with E-state index in [1.54, 1.807) is 6.20 Å². The molecule has 3 aromatic rings. The molecule has 4 fully saturated rings. The standard InChI is InChI=1S/C21H21N5O3/c27-26(28)17-11-22-25(12-17)21-9-14-6-15(10-21)8-20(7-14,13-21)19-24-23-18(29-19)16-4-2-1-3-5-16/h1-5,11-12,14-15H,6-10,13H2. The van der Waals surface area contributed by atoms with Gasteiger partial charge in [-0.1, -0.05) is 18.2 Å². The van der Waals surface area contributed by atoms with Crippen LogP contribution in [0.4, 0.5) is 5.69 Å².